The smallest absolute Gasteiger partial charge is 0.338 e. The number of carbonyl (C=O) groups is 1. The first-order valence-electron chi connectivity index (χ1n) is 12.0. The van der Waals surface area contributed by atoms with Gasteiger partial charge in [-0.25, -0.2) is 9.79 Å². The largest absolute Gasteiger partial charge is 0.463 e. The van der Waals surface area contributed by atoms with Gasteiger partial charge in [-0.2, -0.15) is 0 Å². The zero-order valence-corrected chi connectivity index (χ0v) is 23.0. The van der Waals surface area contributed by atoms with E-state index in [-0.39, 0.29) is 12.2 Å². The molecule has 0 saturated heterocycles. The molecule has 0 saturated carbocycles. The summed E-state index contributed by atoms with van der Waals surface area (Å²) >= 11 is 4.57. The highest BCUT2D eigenvalue weighted by molar-refractivity contribution is 9.10. The van der Waals surface area contributed by atoms with Gasteiger partial charge in [0.25, 0.3) is 5.56 Å². The van der Waals surface area contributed by atoms with Crippen molar-refractivity contribution < 1.29 is 13.9 Å². The van der Waals surface area contributed by atoms with Crippen molar-refractivity contribution in [1.82, 2.24) is 4.57 Å². The Morgan fingerprint density at radius 2 is 1.86 bits per heavy atom. The first-order valence-corrected chi connectivity index (χ1v) is 13.6. The molecule has 0 fully saturated rings. The van der Waals surface area contributed by atoms with E-state index in [0.29, 0.717) is 37.0 Å². The average molecular weight is 578 g/mol. The number of ether oxygens (including phenoxy) is 1. The third-order valence-corrected chi connectivity index (χ3v) is 7.57. The molecule has 0 aliphatic carbocycles. The zero-order valence-electron chi connectivity index (χ0n) is 20.6. The number of hydrogen-bond donors (Lipinski definition) is 0. The summed E-state index contributed by atoms with van der Waals surface area (Å²) in [7, 11) is 0. The SMILES string of the molecule is CCOC(=O)C1=C(c2ccccc2)N=c2s/c(=C\c3ccc(Br)o3)c(=O)n2[C@@H]1c1ccc(C(C)C)cc1. The topological polar surface area (TPSA) is 73.8 Å². The summed E-state index contributed by atoms with van der Waals surface area (Å²) in [6.45, 7) is 6.23. The Bertz CT molecular complexity index is 1660. The van der Waals surface area contributed by atoms with Crippen LogP contribution in [-0.4, -0.2) is 17.1 Å². The molecule has 3 heterocycles. The number of aromatic nitrogens is 1. The van der Waals surface area contributed by atoms with E-state index in [1.807, 2.05) is 54.6 Å². The monoisotopic (exact) mass is 576 g/mol. The minimum atomic E-state index is -0.697. The van der Waals surface area contributed by atoms with Gasteiger partial charge in [-0.15, -0.1) is 0 Å². The Labute approximate surface area is 226 Å². The van der Waals surface area contributed by atoms with Crippen molar-refractivity contribution >= 4 is 45.0 Å². The molecule has 37 heavy (non-hydrogen) atoms. The van der Waals surface area contributed by atoms with Crippen molar-refractivity contribution in [3.05, 3.63) is 119 Å². The Morgan fingerprint density at radius 3 is 2.49 bits per heavy atom. The van der Waals surface area contributed by atoms with Crippen molar-refractivity contribution in [2.24, 2.45) is 4.99 Å². The Balaban J connectivity index is 1.81. The molecule has 8 heteroatoms. The molecule has 5 rings (SSSR count). The molecule has 1 aliphatic heterocycles. The van der Waals surface area contributed by atoms with Crippen LogP contribution in [0.5, 0.6) is 0 Å². The van der Waals surface area contributed by atoms with Crippen LogP contribution in [0.25, 0.3) is 11.8 Å². The summed E-state index contributed by atoms with van der Waals surface area (Å²) in [5.74, 6) is 0.402. The number of thiazole rings is 1. The van der Waals surface area contributed by atoms with Crippen LogP contribution in [0.2, 0.25) is 0 Å². The van der Waals surface area contributed by atoms with Crippen molar-refractivity contribution in [3.8, 4) is 0 Å². The molecule has 2 aromatic carbocycles. The molecule has 0 spiro atoms. The lowest BCUT2D eigenvalue weighted by Crippen LogP contribution is -2.40. The number of benzene rings is 2. The molecule has 0 amide bonds. The van der Waals surface area contributed by atoms with E-state index in [1.54, 1.807) is 29.7 Å². The standard InChI is InChI=1S/C29H25BrN2O4S/c1-4-35-28(34)24-25(19-8-6-5-7-9-19)31-29-32(26(24)20-12-10-18(11-13-20)17(2)3)27(33)22(37-29)16-21-14-15-23(30)36-21/h5-17,26H,4H2,1-3H3/b22-16-/t26-/m1/s1. The van der Waals surface area contributed by atoms with Crippen LogP contribution in [0.4, 0.5) is 0 Å². The highest BCUT2D eigenvalue weighted by atomic mass is 79.9. The molecule has 188 valence electrons. The maximum absolute atomic E-state index is 13.8. The van der Waals surface area contributed by atoms with E-state index in [9.17, 15) is 9.59 Å². The molecule has 0 bridgehead atoms. The van der Waals surface area contributed by atoms with Gasteiger partial charge in [0, 0.05) is 11.6 Å². The number of esters is 1. The molecule has 1 atom stereocenters. The van der Waals surface area contributed by atoms with Gasteiger partial charge in [0.15, 0.2) is 9.47 Å². The number of carbonyl (C=O) groups excluding carboxylic acids is 1. The fourth-order valence-electron chi connectivity index (χ4n) is 4.35. The van der Waals surface area contributed by atoms with E-state index in [0.717, 1.165) is 11.1 Å². The predicted molar refractivity (Wildman–Crippen MR) is 148 cm³/mol. The third kappa shape index (κ3) is 4.91. The van der Waals surface area contributed by atoms with Gasteiger partial charge in [-0.1, -0.05) is 79.8 Å². The van der Waals surface area contributed by atoms with Crippen LogP contribution < -0.4 is 14.9 Å². The van der Waals surface area contributed by atoms with Gasteiger partial charge in [0.2, 0.25) is 0 Å². The summed E-state index contributed by atoms with van der Waals surface area (Å²) in [6, 6.07) is 20.4. The number of nitrogens with zero attached hydrogens (tertiary/aromatic N) is 2. The number of hydrogen-bond acceptors (Lipinski definition) is 6. The number of rotatable bonds is 6. The predicted octanol–water partition coefficient (Wildman–Crippen LogP) is 5.41. The maximum Gasteiger partial charge on any atom is 0.338 e. The second kappa shape index (κ2) is 10.5. The minimum Gasteiger partial charge on any atom is -0.463 e. The van der Waals surface area contributed by atoms with Crippen LogP contribution in [0.15, 0.2) is 91.2 Å². The molecule has 4 aromatic rings. The highest BCUT2D eigenvalue weighted by Crippen LogP contribution is 2.35. The van der Waals surface area contributed by atoms with Crippen LogP contribution in [0.1, 0.15) is 55.2 Å². The summed E-state index contributed by atoms with van der Waals surface area (Å²) in [5.41, 5.74) is 3.36. The second-order valence-corrected chi connectivity index (χ2v) is 10.7. The summed E-state index contributed by atoms with van der Waals surface area (Å²) in [6.07, 6.45) is 1.70. The molecular weight excluding hydrogens is 552 g/mol. The second-order valence-electron chi connectivity index (χ2n) is 8.89. The van der Waals surface area contributed by atoms with Gasteiger partial charge in [-0.05, 0) is 52.0 Å². The highest BCUT2D eigenvalue weighted by Gasteiger charge is 2.35. The van der Waals surface area contributed by atoms with Crippen LogP contribution in [-0.2, 0) is 9.53 Å². The van der Waals surface area contributed by atoms with E-state index >= 15 is 0 Å². The summed E-state index contributed by atoms with van der Waals surface area (Å²) < 4.78 is 13.7. The van der Waals surface area contributed by atoms with Crippen molar-refractivity contribution in [1.29, 1.82) is 0 Å². The van der Waals surface area contributed by atoms with Crippen molar-refractivity contribution in [2.75, 3.05) is 6.61 Å². The Kier molecular flexibility index (Phi) is 7.13. The molecule has 2 aromatic heterocycles. The van der Waals surface area contributed by atoms with Gasteiger partial charge in [0.1, 0.15) is 5.76 Å². The lowest BCUT2D eigenvalue weighted by atomic mass is 9.91. The lowest BCUT2D eigenvalue weighted by Gasteiger charge is -2.26. The van der Waals surface area contributed by atoms with E-state index in [4.69, 9.17) is 14.1 Å². The maximum atomic E-state index is 13.8. The van der Waals surface area contributed by atoms with Crippen LogP contribution in [0, 0.1) is 0 Å². The van der Waals surface area contributed by atoms with Crippen LogP contribution >= 0.6 is 27.3 Å². The average Bonchev–Trinajstić information content (AvgIpc) is 3.45. The first-order chi connectivity index (χ1) is 17.9. The molecule has 0 N–H and O–H groups in total. The summed E-state index contributed by atoms with van der Waals surface area (Å²) in [5, 5.41) is 0. The van der Waals surface area contributed by atoms with Gasteiger partial charge in [-0.3, -0.25) is 9.36 Å². The normalized spacial score (nSPS) is 15.6. The van der Waals surface area contributed by atoms with E-state index < -0.39 is 12.0 Å². The fraction of sp³-hybridized carbons (Fsp3) is 0.207. The lowest BCUT2D eigenvalue weighted by molar-refractivity contribution is -0.138. The van der Waals surface area contributed by atoms with Crippen molar-refractivity contribution in [2.45, 2.75) is 32.7 Å². The van der Waals surface area contributed by atoms with Crippen LogP contribution in [0.3, 0.4) is 0 Å². The Hall–Kier alpha value is -3.49. The summed E-state index contributed by atoms with van der Waals surface area (Å²) in [4.78, 5) is 32.6. The third-order valence-electron chi connectivity index (χ3n) is 6.16. The van der Waals surface area contributed by atoms with Gasteiger partial charge in [0.05, 0.1) is 28.5 Å². The first kappa shape index (κ1) is 25.2. The van der Waals surface area contributed by atoms with Gasteiger partial charge < -0.3 is 9.15 Å². The molecular formula is C29H25BrN2O4S. The number of furan rings is 1. The van der Waals surface area contributed by atoms with E-state index in [1.165, 1.54) is 16.9 Å². The number of halogens is 1. The zero-order chi connectivity index (χ0) is 26.1. The quantitative estimate of drug-likeness (QED) is 0.287. The minimum absolute atomic E-state index is 0.210. The molecule has 1 aliphatic rings. The van der Waals surface area contributed by atoms with E-state index in [2.05, 4.69) is 29.8 Å². The fourth-order valence-corrected chi connectivity index (χ4v) is 5.65. The molecule has 6 nitrogen and oxygen atoms in total. The van der Waals surface area contributed by atoms with Crippen molar-refractivity contribution in [3.63, 3.8) is 0 Å². The molecule has 0 unspecified atom stereocenters. The molecule has 0 radical (unpaired) electrons. The number of fused-ring (bicyclic) bond motifs is 1. The van der Waals surface area contributed by atoms with Gasteiger partial charge >= 0.3 is 5.97 Å². The Morgan fingerprint density at radius 1 is 1.14 bits per heavy atom.